The predicted molar refractivity (Wildman–Crippen MR) is 188 cm³/mol. The summed E-state index contributed by atoms with van der Waals surface area (Å²) in [6.45, 7) is 3.52. The molecule has 0 aliphatic heterocycles. The molecule has 3 N–H and O–H groups in total. The normalized spacial score (nSPS) is 11.9. The van der Waals surface area contributed by atoms with Crippen LogP contribution in [0, 0.1) is 6.92 Å². The van der Waals surface area contributed by atoms with Gasteiger partial charge >= 0.3 is 0 Å². The van der Waals surface area contributed by atoms with Crippen molar-refractivity contribution < 1.29 is 14.4 Å². The highest BCUT2D eigenvalue weighted by Crippen LogP contribution is 2.27. The van der Waals surface area contributed by atoms with E-state index in [1.807, 2.05) is 36.4 Å². The smallest absolute Gasteiger partial charge is 0.295 e. The molecule has 0 bridgehead atoms. The van der Waals surface area contributed by atoms with Crippen molar-refractivity contribution in [2.75, 3.05) is 10.6 Å². The number of halogens is 1. The molecule has 0 fully saturated rings. The SMILES string of the molecule is Cc1c(NC(=O)C(C)Sc2cccc(NC(=O)/C(=C/c3cccc(Cl)c3)NC(=O)c3ccccc3)c2)c(=O)n(-c2ccccc2)n1C. The van der Waals surface area contributed by atoms with Gasteiger partial charge in [0, 0.05) is 28.2 Å². The van der Waals surface area contributed by atoms with Gasteiger partial charge in [-0.15, -0.1) is 11.8 Å². The van der Waals surface area contributed by atoms with Gasteiger partial charge in [-0.3, -0.25) is 23.9 Å². The summed E-state index contributed by atoms with van der Waals surface area (Å²) < 4.78 is 3.21. The minimum atomic E-state index is -0.575. The molecule has 47 heavy (non-hydrogen) atoms. The van der Waals surface area contributed by atoms with E-state index in [0.717, 1.165) is 0 Å². The molecule has 238 valence electrons. The van der Waals surface area contributed by atoms with Crippen molar-refractivity contribution in [2.45, 2.75) is 24.0 Å². The summed E-state index contributed by atoms with van der Waals surface area (Å²) in [5, 5.41) is 8.27. The van der Waals surface area contributed by atoms with Crippen LogP contribution in [0.2, 0.25) is 5.02 Å². The maximum Gasteiger partial charge on any atom is 0.295 e. The molecule has 0 spiro atoms. The Balaban J connectivity index is 1.30. The van der Waals surface area contributed by atoms with Crippen molar-refractivity contribution in [1.29, 1.82) is 0 Å². The van der Waals surface area contributed by atoms with Crippen LogP contribution >= 0.6 is 23.4 Å². The monoisotopic (exact) mass is 665 g/mol. The van der Waals surface area contributed by atoms with Gasteiger partial charge in [0.25, 0.3) is 17.4 Å². The molecule has 0 aliphatic carbocycles. The Bertz CT molecular complexity index is 2020. The summed E-state index contributed by atoms with van der Waals surface area (Å²) in [7, 11) is 1.76. The first-order valence-electron chi connectivity index (χ1n) is 14.7. The molecular weight excluding hydrogens is 634 g/mol. The van der Waals surface area contributed by atoms with Crippen molar-refractivity contribution in [2.24, 2.45) is 7.05 Å². The van der Waals surface area contributed by atoms with Crippen molar-refractivity contribution in [1.82, 2.24) is 14.7 Å². The van der Waals surface area contributed by atoms with Crippen LogP contribution in [0.25, 0.3) is 11.8 Å². The van der Waals surface area contributed by atoms with E-state index in [1.165, 1.54) is 16.4 Å². The first-order chi connectivity index (χ1) is 22.6. The molecule has 5 aromatic rings. The van der Waals surface area contributed by atoms with Crippen LogP contribution in [-0.2, 0) is 16.6 Å². The number of nitrogens with zero attached hydrogens (tertiary/aromatic N) is 2. The standard InChI is InChI=1S/C36H32ClN5O4S/c1-23-32(36(46)42(41(23)3)29-17-8-5-9-18-29)40-33(43)24(2)47-30-19-11-16-28(22-30)38-35(45)31(21-25-12-10-15-27(37)20-25)39-34(44)26-13-6-4-7-14-26/h4-22,24H,1-3H3,(H,38,45)(H,39,44)(H,40,43)/b31-21-. The third kappa shape index (κ3) is 8.10. The van der Waals surface area contributed by atoms with Crippen molar-refractivity contribution in [3.05, 3.63) is 147 Å². The van der Waals surface area contributed by atoms with E-state index in [4.69, 9.17) is 11.6 Å². The van der Waals surface area contributed by atoms with Crippen LogP contribution in [0.1, 0.15) is 28.5 Å². The molecule has 1 aromatic heterocycles. The molecule has 1 atom stereocenters. The fourth-order valence-corrected chi connectivity index (χ4v) is 5.87. The van der Waals surface area contributed by atoms with Gasteiger partial charge in [-0.2, -0.15) is 0 Å². The number of rotatable bonds is 10. The molecule has 0 saturated carbocycles. The fourth-order valence-electron chi connectivity index (χ4n) is 4.75. The van der Waals surface area contributed by atoms with Gasteiger partial charge in [-0.1, -0.05) is 66.2 Å². The number of anilines is 2. The highest BCUT2D eigenvalue weighted by molar-refractivity contribution is 8.00. The van der Waals surface area contributed by atoms with Crippen molar-refractivity contribution in [3.8, 4) is 5.69 Å². The van der Waals surface area contributed by atoms with E-state index >= 15 is 0 Å². The van der Waals surface area contributed by atoms with Gasteiger partial charge in [0.15, 0.2) is 0 Å². The number of hydrogen-bond acceptors (Lipinski definition) is 5. The zero-order valence-corrected chi connectivity index (χ0v) is 27.4. The molecule has 0 radical (unpaired) electrons. The maximum atomic E-state index is 13.5. The van der Waals surface area contributed by atoms with Crippen molar-refractivity contribution in [3.63, 3.8) is 0 Å². The first-order valence-corrected chi connectivity index (χ1v) is 15.9. The molecule has 4 aromatic carbocycles. The Morgan fingerprint density at radius 3 is 2.23 bits per heavy atom. The van der Waals surface area contributed by atoms with E-state index in [0.29, 0.717) is 38.1 Å². The average molecular weight is 666 g/mol. The Kier molecular flexibility index (Phi) is 10.4. The van der Waals surface area contributed by atoms with Gasteiger partial charge in [0.1, 0.15) is 11.4 Å². The summed E-state index contributed by atoms with van der Waals surface area (Å²) in [5.41, 5.74) is 2.70. The van der Waals surface area contributed by atoms with E-state index in [-0.39, 0.29) is 22.9 Å². The van der Waals surface area contributed by atoms with Gasteiger partial charge in [0.2, 0.25) is 5.91 Å². The number of aromatic nitrogens is 2. The lowest BCUT2D eigenvalue weighted by Gasteiger charge is -2.14. The second kappa shape index (κ2) is 14.8. The average Bonchev–Trinajstić information content (AvgIpc) is 3.27. The predicted octanol–water partition coefficient (Wildman–Crippen LogP) is 6.67. The highest BCUT2D eigenvalue weighted by Gasteiger charge is 2.22. The summed E-state index contributed by atoms with van der Waals surface area (Å²) in [4.78, 5) is 53.6. The second-order valence-corrected chi connectivity index (χ2v) is 12.5. The minimum Gasteiger partial charge on any atom is -0.321 e. The van der Waals surface area contributed by atoms with Gasteiger partial charge < -0.3 is 16.0 Å². The number of amides is 3. The van der Waals surface area contributed by atoms with E-state index in [1.54, 1.807) is 104 Å². The molecule has 5 rings (SSSR count). The molecule has 9 nitrogen and oxygen atoms in total. The van der Waals surface area contributed by atoms with Crippen LogP contribution in [0.3, 0.4) is 0 Å². The zero-order valence-electron chi connectivity index (χ0n) is 25.9. The largest absolute Gasteiger partial charge is 0.321 e. The molecular formula is C36H32ClN5O4S. The molecule has 11 heteroatoms. The van der Waals surface area contributed by atoms with E-state index in [2.05, 4.69) is 16.0 Å². The van der Waals surface area contributed by atoms with Crippen LogP contribution < -0.4 is 21.5 Å². The van der Waals surface area contributed by atoms with Crippen molar-refractivity contribution >= 4 is 58.5 Å². The minimum absolute atomic E-state index is 0.0197. The lowest BCUT2D eigenvalue weighted by Crippen LogP contribution is -2.30. The number of thioether (sulfide) groups is 1. The van der Waals surface area contributed by atoms with Crippen LogP contribution in [0.4, 0.5) is 11.4 Å². The number of nitrogens with one attached hydrogen (secondary N) is 3. The Labute approximate surface area is 281 Å². The Morgan fingerprint density at radius 1 is 0.851 bits per heavy atom. The lowest BCUT2D eigenvalue weighted by atomic mass is 10.1. The lowest BCUT2D eigenvalue weighted by molar-refractivity contribution is -0.115. The van der Waals surface area contributed by atoms with Crippen LogP contribution in [0.5, 0.6) is 0 Å². The Morgan fingerprint density at radius 2 is 1.53 bits per heavy atom. The summed E-state index contributed by atoms with van der Waals surface area (Å²) in [6, 6.07) is 31.7. The molecule has 0 aliphatic rings. The molecule has 0 saturated heterocycles. The summed E-state index contributed by atoms with van der Waals surface area (Å²) in [5.74, 6) is -1.33. The third-order valence-electron chi connectivity index (χ3n) is 7.26. The second-order valence-electron chi connectivity index (χ2n) is 10.6. The molecule has 1 unspecified atom stereocenters. The van der Waals surface area contributed by atoms with Gasteiger partial charge in [-0.05, 0) is 80.1 Å². The quantitative estimate of drug-likeness (QED) is 0.114. The number of para-hydroxylation sites is 1. The number of carbonyl (C=O) groups is 3. The molecule has 3 amide bonds. The number of hydrogen-bond donors (Lipinski definition) is 3. The highest BCUT2D eigenvalue weighted by atomic mass is 35.5. The Hall–Kier alpha value is -5.32. The number of benzene rings is 4. The zero-order chi connectivity index (χ0) is 33.5. The topological polar surface area (TPSA) is 114 Å². The first kappa shape index (κ1) is 33.1. The van der Waals surface area contributed by atoms with E-state index < -0.39 is 17.1 Å². The summed E-state index contributed by atoms with van der Waals surface area (Å²) in [6.07, 6.45) is 1.55. The van der Waals surface area contributed by atoms with Crippen LogP contribution in [0.15, 0.2) is 125 Å². The fraction of sp³-hybridized carbons (Fsp3) is 0.111. The maximum absolute atomic E-state index is 13.5. The van der Waals surface area contributed by atoms with Gasteiger partial charge in [-0.25, -0.2) is 4.68 Å². The number of carbonyl (C=O) groups excluding carboxylic acids is 3. The third-order valence-corrected chi connectivity index (χ3v) is 8.59. The van der Waals surface area contributed by atoms with E-state index in [9.17, 15) is 19.2 Å². The molecule has 1 heterocycles. The van der Waals surface area contributed by atoms with Gasteiger partial charge in [0.05, 0.1) is 16.6 Å². The van der Waals surface area contributed by atoms with Crippen LogP contribution in [-0.4, -0.2) is 32.3 Å². The summed E-state index contributed by atoms with van der Waals surface area (Å²) >= 11 is 7.42.